The van der Waals surface area contributed by atoms with Crippen LogP contribution in [-0.2, 0) is 16.9 Å². The first-order chi connectivity index (χ1) is 12.4. The predicted molar refractivity (Wildman–Crippen MR) is 105 cm³/mol. The van der Waals surface area contributed by atoms with E-state index in [1.54, 1.807) is 60.3 Å². The largest absolute Gasteiger partial charge is 0.378 e. The molecule has 0 N–H and O–H groups in total. The van der Waals surface area contributed by atoms with Crippen molar-refractivity contribution in [1.29, 1.82) is 0 Å². The van der Waals surface area contributed by atoms with Crippen LogP contribution in [0.2, 0.25) is 0 Å². The number of benzene rings is 2. The van der Waals surface area contributed by atoms with E-state index in [9.17, 15) is 8.42 Å². The van der Waals surface area contributed by atoms with Gasteiger partial charge in [0.15, 0.2) is 0 Å². The minimum Gasteiger partial charge on any atom is -0.378 e. The van der Waals surface area contributed by atoms with Crippen molar-refractivity contribution in [3.63, 3.8) is 0 Å². The molecule has 0 aliphatic carbocycles. The van der Waals surface area contributed by atoms with Gasteiger partial charge in [-0.3, -0.25) is 4.99 Å². The Bertz CT molecular complexity index is 1020. The van der Waals surface area contributed by atoms with Crippen LogP contribution in [-0.4, -0.2) is 33.3 Å². The van der Waals surface area contributed by atoms with Crippen LogP contribution in [0.25, 0.3) is 0 Å². The van der Waals surface area contributed by atoms with E-state index in [0.29, 0.717) is 0 Å². The monoisotopic (exact) mass is 367 g/mol. The molecule has 2 aromatic carbocycles. The van der Waals surface area contributed by atoms with Gasteiger partial charge >= 0.3 is 0 Å². The van der Waals surface area contributed by atoms with Gasteiger partial charge in [0.05, 0.1) is 22.5 Å². The van der Waals surface area contributed by atoms with Crippen molar-refractivity contribution in [2.75, 3.05) is 19.0 Å². The summed E-state index contributed by atoms with van der Waals surface area (Å²) in [5.74, 6) is 0. The molecule has 3 aromatic rings. The van der Waals surface area contributed by atoms with Gasteiger partial charge in [0.2, 0.25) is 9.84 Å². The van der Waals surface area contributed by atoms with E-state index in [-0.39, 0.29) is 9.92 Å². The third kappa shape index (κ3) is 3.55. The third-order valence-electron chi connectivity index (χ3n) is 4.16. The van der Waals surface area contributed by atoms with Crippen molar-refractivity contribution in [3.05, 3.63) is 72.4 Å². The molecule has 134 valence electrons. The molecule has 0 saturated heterocycles. The van der Waals surface area contributed by atoms with E-state index in [1.165, 1.54) is 0 Å². The topological polar surface area (TPSA) is 54.7 Å². The minimum absolute atomic E-state index is 0.244. The van der Waals surface area contributed by atoms with Crippen LogP contribution in [0.15, 0.2) is 81.6 Å². The molecule has 0 saturated carbocycles. The molecular formula is C20H21N3O2S. The van der Waals surface area contributed by atoms with Crippen LogP contribution in [0, 0.1) is 0 Å². The summed E-state index contributed by atoms with van der Waals surface area (Å²) in [6.07, 6.45) is 1.68. The molecule has 0 radical (unpaired) electrons. The number of hydrogen-bond acceptors (Lipinski definition) is 4. The Morgan fingerprint density at radius 2 is 1.58 bits per heavy atom. The number of hydrogen-bond donors (Lipinski definition) is 0. The second kappa shape index (κ2) is 7.17. The standard InChI is InChI=1S/C20H21N3O2S/c1-22(2)17-11-9-16(10-12-17)21-15-18-13-14-20(23(18)3)26(24,25)19-7-5-4-6-8-19/h4-15H,1-3H3. The Kier molecular flexibility index (Phi) is 4.95. The maximum absolute atomic E-state index is 12.8. The summed E-state index contributed by atoms with van der Waals surface area (Å²) in [5, 5.41) is 0.244. The van der Waals surface area contributed by atoms with Crippen molar-refractivity contribution in [3.8, 4) is 0 Å². The van der Waals surface area contributed by atoms with Gasteiger partial charge in [-0.25, -0.2) is 8.42 Å². The average molecular weight is 367 g/mol. The van der Waals surface area contributed by atoms with Crippen LogP contribution in [0.4, 0.5) is 11.4 Å². The van der Waals surface area contributed by atoms with Crippen LogP contribution in [0.3, 0.4) is 0 Å². The number of nitrogens with zero attached hydrogens (tertiary/aromatic N) is 3. The second-order valence-corrected chi connectivity index (χ2v) is 8.04. The number of anilines is 1. The zero-order valence-electron chi connectivity index (χ0n) is 15.0. The molecular weight excluding hydrogens is 346 g/mol. The SMILES string of the molecule is CN(C)c1ccc(N=Cc2ccc(S(=O)(=O)c3ccccc3)n2C)cc1. The summed E-state index contributed by atoms with van der Waals surface area (Å²) in [7, 11) is 2.14. The van der Waals surface area contributed by atoms with Crippen LogP contribution in [0.5, 0.6) is 0 Å². The predicted octanol–water partition coefficient (Wildman–Crippen LogP) is 3.67. The minimum atomic E-state index is -3.55. The van der Waals surface area contributed by atoms with Gasteiger partial charge in [-0.15, -0.1) is 0 Å². The van der Waals surface area contributed by atoms with E-state index in [4.69, 9.17) is 0 Å². The normalized spacial score (nSPS) is 11.8. The van der Waals surface area contributed by atoms with Crippen molar-refractivity contribution < 1.29 is 8.42 Å². The summed E-state index contributed by atoms with van der Waals surface area (Å²) < 4.78 is 27.2. The lowest BCUT2D eigenvalue weighted by atomic mass is 10.3. The van der Waals surface area contributed by atoms with Crippen LogP contribution in [0.1, 0.15) is 5.69 Å². The van der Waals surface area contributed by atoms with Gasteiger partial charge in [0.25, 0.3) is 0 Å². The van der Waals surface area contributed by atoms with Crippen molar-refractivity contribution in [2.24, 2.45) is 12.0 Å². The Hall–Kier alpha value is -2.86. The summed E-state index contributed by atoms with van der Waals surface area (Å²) in [6, 6.07) is 19.6. The Morgan fingerprint density at radius 3 is 2.19 bits per heavy atom. The first-order valence-electron chi connectivity index (χ1n) is 8.17. The van der Waals surface area contributed by atoms with Crippen LogP contribution >= 0.6 is 0 Å². The Morgan fingerprint density at radius 1 is 0.923 bits per heavy atom. The summed E-state index contributed by atoms with van der Waals surface area (Å²) >= 11 is 0. The van der Waals surface area contributed by atoms with Gasteiger partial charge in [-0.05, 0) is 48.5 Å². The van der Waals surface area contributed by atoms with Gasteiger partial charge in [-0.2, -0.15) is 0 Å². The number of sulfone groups is 1. The fourth-order valence-corrected chi connectivity index (χ4v) is 4.07. The second-order valence-electron chi connectivity index (χ2n) is 6.14. The molecule has 6 heteroatoms. The van der Waals surface area contributed by atoms with Gasteiger partial charge in [-0.1, -0.05) is 18.2 Å². The maximum Gasteiger partial charge on any atom is 0.222 e. The number of rotatable bonds is 5. The van der Waals surface area contributed by atoms with Crippen molar-refractivity contribution in [2.45, 2.75) is 9.92 Å². The Balaban J connectivity index is 1.87. The van der Waals surface area contributed by atoms with Crippen molar-refractivity contribution in [1.82, 2.24) is 4.57 Å². The molecule has 0 atom stereocenters. The molecule has 1 heterocycles. The zero-order valence-corrected chi connectivity index (χ0v) is 15.8. The number of aromatic nitrogens is 1. The lowest BCUT2D eigenvalue weighted by Crippen LogP contribution is -2.09. The number of aliphatic imine (C=N–C) groups is 1. The molecule has 0 fully saturated rings. The fourth-order valence-electron chi connectivity index (χ4n) is 2.60. The summed E-state index contributed by atoms with van der Waals surface area (Å²) in [5.41, 5.74) is 2.62. The van der Waals surface area contributed by atoms with E-state index in [1.807, 2.05) is 43.3 Å². The first kappa shape index (κ1) is 17.9. The van der Waals surface area contributed by atoms with E-state index >= 15 is 0 Å². The molecule has 0 unspecified atom stereocenters. The molecule has 26 heavy (non-hydrogen) atoms. The van der Waals surface area contributed by atoms with E-state index < -0.39 is 9.84 Å². The first-order valence-corrected chi connectivity index (χ1v) is 9.65. The molecule has 0 aliphatic heterocycles. The van der Waals surface area contributed by atoms with E-state index in [2.05, 4.69) is 4.99 Å². The highest BCUT2D eigenvalue weighted by Crippen LogP contribution is 2.22. The lowest BCUT2D eigenvalue weighted by Gasteiger charge is -2.11. The summed E-state index contributed by atoms with van der Waals surface area (Å²) in [4.78, 5) is 6.75. The summed E-state index contributed by atoms with van der Waals surface area (Å²) in [6.45, 7) is 0. The highest BCUT2D eigenvalue weighted by molar-refractivity contribution is 7.91. The Labute approximate surface area is 154 Å². The quantitative estimate of drug-likeness (QED) is 0.647. The van der Waals surface area contributed by atoms with Gasteiger partial charge in [0, 0.05) is 26.8 Å². The smallest absolute Gasteiger partial charge is 0.222 e. The van der Waals surface area contributed by atoms with Crippen LogP contribution < -0.4 is 4.90 Å². The highest BCUT2D eigenvalue weighted by Gasteiger charge is 2.21. The maximum atomic E-state index is 12.8. The van der Waals surface area contributed by atoms with E-state index in [0.717, 1.165) is 17.1 Å². The lowest BCUT2D eigenvalue weighted by molar-refractivity contribution is 0.585. The molecule has 0 aliphatic rings. The molecule has 5 nitrogen and oxygen atoms in total. The molecule has 0 spiro atoms. The fraction of sp³-hybridized carbons (Fsp3) is 0.150. The van der Waals surface area contributed by atoms with Gasteiger partial charge in [0.1, 0.15) is 5.03 Å². The molecule has 0 amide bonds. The molecule has 0 bridgehead atoms. The highest BCUT2D eigenvalue weighted by atomic mass is 32.2. The average Bonchev–Trinajstić information content (AvgIpc) is 3.02. The molecule has 1 aromatic heterocycles. The molecule has 3 rings (SSSR count). The zero-order chi connectivity index (χ0) is 18.7. The third-order valence-corrected chi connectivity index (χ3v) is 6.01. The van der Waals surface area contributed by atoms with Gasteiger partial charge < -0.3 is 9.47 Å². The van der Waals surface area contributed by atoms with Crippen molar-refractivity contribution >= 4 is 27.4 Å².